The highest BCUT2D eigenvalue weighted by Gasteiger charge is 2.21. The number of hydrogen-bond acceptors (Lipinski definition) is 3. The van der Waals surface area contributed by atoms with E-state index in [1.807, 2.05) is 49.4 Å². The first-order chi connectivity index (χ1) is 12.6. The van der Waals surface area contributed by atoms with Gasteiger partial charge in [-0.05, 0) is 30.7 Å². The number of carbonyl (C=O) groups is 2. The van der Waals surface area contributed by atoms with Gasteiger partial charge < -0.3 is 20.4 Å². The highest BCUT2D eigenvalue weighted by Crippen LogP contribution is 2.15. The Morgan fingerprint density at radius 2 is 1.58 bits per heavy atom. The van der Waals surface area contributed by atoms with Gasteiger partial charge in [0.25, 0.3) is 0 Å². The van der Waals surface area contributed by atoms with Crippen LogP contribution in [0.2, 0.25) is 0 Å². The molecule has 0 bridgehead atoms. The van der Waals surface area contributed by atoms with Crippen LogP contribution in [0.15, 0.2) is 54.6 Å². The predicted octanol–water partition coefficient (Wildman–Crippen LogP) is 2.47. The second-order valence-corrected chi connectivity index (χ2v) is 6.33. The van der Waals surface area contributed by atoms with Crippen molar-refractivity contribution in [1.29, 1.82) is 0 Å². The summed E-state index contributed by atoms with van der Waals surface area (Å²) in [5.74, 6) is -0.0577. The van der Waals surface area contributed by atoms with Gasteiger partial charge in [-0.15, -0.1) is 0 Å². The number of amides is 3. The lowest BCUT2D eigenvalue weighted by molar-refractivity contribution is -0.130. The van der Waals surface area contributed by atoms with Crippen molar-refractivity contribution in [3.63, 3.8) is 0 Å². The quantitative estimate of drug-likeness (QED) is 0.888. The number of piperazine rings is 1. The summed E-state index contributed by atoms with van der Waals surface area (Å²) < 4.78 is 0. The van der Waals surface area contributed by atoms with Crippen LogP contribution in [0.5, 0.6) is 0 Å². The Morgan fingerprint density at radius 3 is 2.27 bits per heavy atom. The molecule has 136 valence electrons. The van der Waals surface area contributed by atoms with E-state index in [0.717, 1.165) is 24.3 Å². The van der Waals surface area contributed by atoms with Crippen molar-refractivity contribution >= 4 is 23.3 Å². The molecule has 1 heterocycles. The average Bonchev–Trinajstić information content (AvgIpc) is 2.69. The molecule has 3 rings (SSSR count). The average molecular weight is 352 g/mol. The number of carbonyl (C=O) groups excluding carboxylic acids is 2. The standard InChI is InChI=1S/C20H24N4O2/c1-16-7-5-6-10-18(16)22-20(26)21-15-19(25)24-13-11-23(12-14-24)17-8-3-2-4-9-17/h2-10H,11-15H2,1H3,(H2,21,22,26). The Bertz CT molecular complexity index is 755. The summed E-state index contributed by atoms with van der Waals surface area (Å²) in [6, 6.07) is 17.4. The van der Waals surface area contributed by atoms with E-state index in [-0.39, 0.29) is 18.5 Å². The molecular formula is C20H24N4O2. The minimum absolute atomic E-state index is 0.00303. The molecule has 3 amide bonds. The number of hydrogen-bond donors (Lipinski definition) is 2. The number of urea groups is 1. The first-order valence-electron chi connectivity index (χ1n) is 8.82. The molecule has 0 spiro atoms. The van der Waals surface area contributed by atoms with Crippen LogP contribution in [0, 0.1) is 6.92 Å². The summed E-state index contributed by atoms with van der Waals surface area (Å²) in [7, 11) is 0. The third-order valence-corrected chi connectivity index (χ3v) is 4.55. The van der Waals surface area contributed by atoms with Crippen LogP contribution in [-0.4, -0.2) is 49.6 Å². The van der Waals surface area contributed by atoms with Gasteiger partial charge >= 0.3 is 6.03 Å². The molecule has 1 saturated heterocycles. The van der Waals surface area contributed by atoms with Gasteiger partial charge in [-0.2, -0.15) is 0 Å². The maximum absolute atomic E-state index is 12.3. The van der Waals surface area contributed by atoms with Crippen molar-refractivity contribution < 1.29 is 9.59 Å². The monoisotopic (exact) mass is 352 g/mol. The van der Waals surface area contributed by atoms with Crippen molar-refractivity contribution in [2.24, 2.45) is 0 Å². The highest BCUT2D eigenvalue weighted by atomic mass is 16.2. The van der Waals surface area contributed by atoms with E-state index in [4.69, 9.17) is 0 Å². The smallest absolute Gasteiger partial charge is 0.319 e. The Kier molecular flexibility index (Phi) is 5.73. The highest BCUT2D eigenvalue weighted by molar-refractivity contribution is 5.92. The van der Waals surface area contributed by atoms with Crippen molar-refractivity contribution in [1.82, 2.24) is 10.2 Å². The van der Waals surface area contributed by atoms with Crippen LogP contribution in [0.25, 0.3) is 0 Å². The van der Waals surface area contributed by atoms with Gasteiger partial charge in [0.1, 0.15) is 0 Å². The molecular weight excluding hydrogens is 328 g/mol. The Hall–Kier alpha value is -3.02. The lowest BCUT2D eigenvalue weighted by Gasteiger charge is -2.36. The van der Waals surface area contributed by atoms with E-state index in [1.54, 1.807) is 4.90 Å². The predicted molar refractivity (Wildman–Crippen MR) is 103 cm³/mol. The van der Waals surface area contributed by atoms with Gasteiger partial charge in [0.2, 0.25) is 5.91 Å². The molecule has 0 aliphatic carbocycles. The van der Waals surface area contributed by atoms with Crippen LogP contribution in [-0.2, 0) is 4.79 Å². The zero-order chi connectivity index (χ0) is 18.4. The van der Waals surface area contributed by atoms with E-state index < -0.39 is 0 Å². The van der Waals surface area contributed by atoms with Crippen molar-refractivity contribution in [2.75, 3.05) is 42.9 Å². The molecule has 1 aliphatic rings. The number of aryl methyl sites for hydroxylation is 1. The molecule has 0 atom stereocenters. The molecule has 6 heteroatoms. The van der Waals surface area contributed by atoms with Crippen LogP contribution in [0.3, 0.4) is 0 Å². The van der Waals surface area contributed by atoms with Crippen LogP contribution < -0.4 is 15.5 Å². The Morgan fingerprint density at radius 1 is 0.923 bits per heavy atom. The van der Waals surface area contributed by atoms with E-state index in [2.05, 4.69) is 27.7 Å². The minimum Gasteiger partial charge on any atom is -0.368 e. The molecule has 1 aliphatic heterocycles. The molecule has 2 aromatic carbocycles. The third-order valence-electron chi connectivity index (χ3n) is 4.55. The topological polar surface area (TPSA) is 64.7 Å². The summed E-state index contributed by atoms with van der Waals surface area (Å²) in [6.07, 6.45) is 0. The van der Waals surface area contributed by atoms with Crippen molar-refractivity contribution in [3.8, 4) is 0 Å². The summed E-state index contributed by atoms with van der Waals surface area (Å²) in [5.41, 5.74) is 2.90. The maximum atomic E-state index is 12.3. The van der Waals surface area contributed by atoms with Gasteiger partial charge in [0.15, 0.2) is 0 Å². The van der Waals surface area contributed by atoms with E-state index in [1.165, 1.54) is 5.69 Å². The SMILES string of the molecule is Cc1ccccc1NC(=O)NCC(=O)N1CCN(c2ccccc2)CC1. The van der Waals surface area contributed by atoms with Gasteiger partial charge in [-0.25, -0.2) is 4.79 Å². The number of nitrogens with one attached hydrogen (secondary N) is 2. The molecule has 0 aromatic heterocycles. The lowest BCUT2D eigenvalue weighted by Crippen LogP contribution is -2.51. The van der Waals surface area contributed by atoms with Crippen LogP contribution >= 0.6 is 0 Å². The Labute approximate surface area is 153 Å². The first kappa shape index (κ1) is 17.8. The molecule has 0 unspecified atom stereocenters. The first-order valence-corrected chi connectivity index (χ1v) is 8.82. The van der Waals surface area contributed by atoms with Crippen molar-refractivity contribution in [2.45, 2.75) is 6.92 Å². The fourth-order valence-corrected chi connectivity index (χ4v) is 3.00. The summed E-state index contributed by atoms with van der Waals surface area (Å²) in [4.78, 5) is 28.4. The lowest BCUT2D eigenvalue weighted by atomic mass is 10.2. The zero-order valence-electron chi connectivity index (χ0n) is 14.9. The molecule has 26 heavy (non-hydrogen) atoms. The van der Waals surface area contributed by atoms with E-state index in [9.17, 15) is 9.59 Å². The molecule has 1 fully saturated rings. The second-order valence-electron chi connectivity index (χ2n) is 6.33. The van der Waals surface area contributed by atoms with E-state index >= 15 is 0 Å². The fraction of sp³-hybridized carbons (Fsp3) is 0.300. The van der Waals surface area contributed by atoms with Gasteiger partial charge in [0, 0.05) is 37.6 Å². The molecule has 6 nitrogen and oxygen atoms in total. The number of rotatable bonds is 4. The van der Waals surface area contributed by atoms with E-state index in [0.29, 0.717) is 13.1 Å². The normalized spacial score (nSPS) is 14.0. The molecule has 0 saturated carbocycles. The zero-order valence-corrected chi connectivity index (χ0v) is 14.9. The van der Waals surface area contributed by atoms with Gasteiger partial charge in [-0.3, -0.25) is 4.79 Å². The molecule has 2 N–H and O–H groups in total. The van der Waals surface area contributed by atoms with Gasteiger partial charge in [-0.1, -0.05) is 36.4 Å². The Balaban J connectivity index is 1.43. The van der Waals surface area contributed by atoms with Crippen LogP contribution in [0.4, 0.5) is 16.2 Å². The van der Waals surface area contributed by atoms with Crippen molar-refractivity contribution in [3.05, 3.63) is 60.2 Å². The van der Waals surface area contributed by atoms with Crippen LogP contribution in [0.1, 0.15) is 5.56 Å². The number of anilines is 2. The molecule has 2 aromatic rings. The summed E-state index contributed by atoms with van der Waals surface area (Å²) in [6.45, 7) is 4.84. The fourth-order valence-electron chi connectivity index (χ4n) is 3.00. The largest absolute Gasteiger partial charge is 0.368 e. The summed E-state index contributed by atoms with van der Waals surface area (Å²) >= 11 is 0. The maximum Gasteiger partial charge on any atom is 0.319 e. The number of benzene rings is 2. The third kappa shape index (κ3) is 4.53. The second kappa shape index (κ2) is 8.38. The van der Waals surface area contributed by atoms with Gasteiger partial charge in [0.05, 0.1) is 6.54 Å². The summed E-state index contributed by atoms with van der Waals surface area (Å²) in [5, 5.41) is 5.41. The molecule has 0 radical (unpaired) electrons. The number of para-hydroxylation sites is 2. The number of nitrogens with zero attached hydrogens (tertiary/aromatic N) is 2. The minimum atomic E-state index is -0.365.